The van der Waals surface area contributed by atoms with E-state index in [-0.39, 0.29) is 0 Å². The molecule has 10 heavy (non-hydrogen) atoms. The van der Waals surface area contributed by atoms with Crippen LogP contribution in [0.15, 0.2) is 0 Å². The molecule has 0 nitrogen and oxygen atoms in total. The van der Waals surface area contributed by atoms with Crippen molar-refractivity contribution in [3.05, 3.63) is 0 Å². The van der Waals surface area contributed by atoms with Crippen LogP contribution in [0.25, 0.3) is 0 Å². The van der Waals surface area contributed by atoms with E-state index in [1.807, 2.05) is 0 Å². The van der Waals surface area contributed by atoms with Gasteiger partial charge in [-0.25, -0.2) is 0 Å². The van der Waals surface area contributed by atoms with Gasteiger partial charge in [0.05, 0.1) is 0 Å². The Labute approximate surface area is 76.8 Å². The first-order valence-corrected chi connectivity index (χ1v) is 9.34. The van der Waals surface area contributed by atoms with Crippen LogP contribution in [0.1, 0.15) is 25.7 Å². The van der Waals surface area contributed by atoms with Gasteiger partial charge in [0.2, 0.25) is 0 Å². The molecule has 1 saturated carbocycles. The van der Waals surface area contributed by atoms with Gasteiger partial charge in [0.1, 0.15) is 0 Å². The summed E-state index contributed by atoms with van der Waals surface area (Å²) in [4.78, 5) is 2.32. The third-order valence-electron chi connectivity index (χ3n) is 2.25. The summed E-state index contributed by atoms with van der Waals surface area (Å²) in [6, 6.07) is 0. The van der Waals surface area contributed by atoms with Gasteiger partial charge in [-0.1, -0.05) is 0 Å². The van der Waals surface area contributed by atoms with Gasteiger partial charge < -0.3 is 0 Å². The van der Waals surface area contributed by atoms with E-state index < -0.39 is 0 Å². The Kier molecular flexibility index (Phi) is 4.40. The normalized spacial score (nSPS) is 34.2. The molecular formula is C8H16Se2. The van der Waals surface area contributed by atoms with Crippen molar-refractivity contribution in [2.24, 2.45) is 0 Å². The molecule has 1 fully saturated rings. The average Bonchev–Trinajstić information content (AvgIpc) is 2.04. The summed E-state index contributed by atoms with van der Waals surface area (Å²) in [5.74, 6) is 4.84. The molecule has 0 bridgehead atoms. The molecule has 0 aromatic rings. The van der Waals surface area contributed by atoms with Crippen LogP contribution < -0.4 is 0 Å². The summed E-state index contributed by atoms with van der Waals surface area (Å²) in [7, 11) is 0. The second kappa shape index (κ2) is 4.82. The zero-order chi connectivity index (χ0) is 7.40. The van der Waals surface area contributed by atoms with Crippen LogP contribution in [0.4, 0.5) is 0 Å². The van der Waals surface area contributed by atoms with Crippen LogP contribution in [-0.2, 0) is 0 Å². The molecule has 0 aromatic heterocycles. The summed E-state index contributed by atoms with van der Waals surface area (Å²) in [5, 5.41) is 0. The van der Waals surface area contributed by atoms with Crippen molar-refractivity contribution in [2.45, 2.75) is 47.0 Å². The fraction of sp³-hybridized carbons (Fsp3) is 1.00. The second-order valence-electron chi connectivity index (χ2n) is 2.83. The van der Waals surface area contributed by atoms with E-state index in [0.29, 0.717) is 0 Å². The molecule has 2 heteroatoms. The van der Waals surface area contributed by atoms with Crippen molar-refractivity contribution < 1.29 is 0 Å². The predicted molar refractivity (Wildman–Crippen MR) is 49.2 cm³/mol. The Balaban J connectivity index is 2.34. The van der Waals surface area contributed by atoms with Crippen molar-refractivity contribution in [3.63, 3.8) is 0 Å². The molecule has 0 radical (unpaired) electrons. The quantitative estimate of drug-likeness (QED) is 0.677. The number of rotatable bonds is 2. The molecule has 0 aliphatic heterocycles. The molecule has 60 valence electrons. The Morgan fingerprint density at radius 3 is 1.60 bits per heavy atom. The van der Waals surface area contributed by atoms with E-state index in [9.17, 15) is 0 Å². The average molecular weight is 270 g/mol. The molecule has 1 aliphatic carbocycles. The van der Waals surface area contributed by atoms with Crippen molar-refractivity contribution in [2.75, 3.05) is 0 Å². The van der Waals surface area contributed by atoms with E-state index in [4.69, 9.17) is 0 Å². The zero-order valence-electron chi connectivity index (χ0n) is 6.80. The molecule has 0 aromatic carbocycles. The van der Waals surface area contributed by atoms with E-state index in [1.165, 1.54) is 12.8 Å². The first-order valence-electron chi connectivity index (χ1n) is 3.94. The summed E-state index contributed by atoms with van der Waals surface area (Å²) in [6.07, 6.45) is 6.15. The molecule has 1 rings (SSSR count). The standard InChI is InChI=1S/C8H16Se2/c1-9-7-5-3-4-6-8(7)10-2/h7-8H,3-6H2,1-2H3. The molecule has 2 atom stereocenters. The Morgan fingerprint density at radius 2 is 1.30 bits per heavy atom. The minimum absolute atomic E-state index is 0.933. The van der Waals surface area contributed by atoms with Gasteiger partial charge in [-0.05, 0) is 0 Å². The minimum atomic E-state index is 0.933. The molecule has 0 N–H and O–H groups in total. The van der Waals surface area contributed by atoms with Crippen LogP contribution >= 0.6 is 0 Å². The van der Waals surface area contributed by atoms with E-state index in [0.717, 1.165) is 39.5 Å². The summed E-state index contributed by atoms with van der Waals surface area (Å²) >= 11 is 1.87. The van der Waals surface area contributed by atoms with Crippen LogP contribution in [0, 0.1) is 0 Å². The molecule has 0 spiro atoms. The van der Waals surface area contributed by atoms with Crippen LogP contribution in [0.2, 0.25) is 21.3 Å². The van der Waals surface area contributed by atoms with Gasteiger partial charge in [-0.2, -0.15) is 0 Å². The maximum atomic E-state index is 2.42. The monoisotopic (exact) mass is 272 g/mol. The summed E-state index contributed by atoms with van der Waals surface area (Å²) in [5.41, 5.74) is 0. The number of hydrogen-bond donors (Lipinski definition) is 0. The second-order valence-corrected chi connectivity index (χ2v) is 7.35. The summed E-state index contributed by atoms with van der Waals surface area (Å²) < 4.78 is 0. The third-order valence-corrected chi connectivity index (χ3v) is 8.03. The van der Waals surface area contributed by atoms with Crippen LogP contribution in [-0.4, -0.2) is 29.9 Å². The van der Waals surface area contributed by atoms with Crippen molar-refractivity contribution >= 4 is 29.9 Å². The molecule has 0 heterocycles. The first-order chi connectivity index (χ1) is 4.88. The fourth-order valence-corrected chi connectivity index (χ4v) is 7.56. The molecule has 2 unspecified atom stereocenters. The third kappa shape index (κ3) is 2.27. The van der Waals surface area contributed by atoms with Gasteiger partial charge in [0, 0.05) is 0 Å². The van der Waals surface area contributed by atoms with Gasteiger partial charge in [-0.3, -0.25) is 0 Å². The Hall–Kier alpha value is 1.04. The maximum absolute atomic E-state index is 2.42. The molecule has 0 amide bonds. The van der Waals surface area contributed by atoms with E-state index >= 15 is 0 Å². The van der Waals surface area contributed by atoms with Gasteiger partial charge in [0.15, 0.2) is 0 Å². The topological polar surface area (TPSA) is 0 Å². The SMILES string of the molecule is C[Se]C1CCCCC1[Se]C. The van der Waals surface area contributed by atoms with E-state index in [2.05, 4.69) is 11.6 Å². The first kappa shape index (κ1) is 9.13. The van der Waals surface area contributed by atoms with Crippen LogP contribution in [0.5, 0.6) is 0 Å². The Morgan fingerprint density at radius 1 is 0.900 bits per heavy atom. The fourth-order valence-electron chi connectivity index (χ4n) is 1.60. The molecule has 0 saturated heterocycles. The van der Waals surface area contributed by atoms with Gasteiger partial charge in [-0.15, -0.1) is 0 Å². The summed E-state index contributed by atoms with van der Waals surface area (Å²) in [6.45, 7) is 0. The predicted octanol–water partition coefficient (Wildman–Crippen LogP) is 2.64. The Bertz CT molecular complexity index is 81.3. The van der Waals surface area contributed by atoms with Crippen molar-refractivity contribution in [3.8, 4) is 0 Å². The molecule has 1 aliphatic rings. The zero-order valence-corrected chi connectivity index (χ0v) is 10.2. The van der Waals surface area contributed by atoms with Gasteiger partial charge >= 0.3 is 76.9 Å². The van der Waals surface area contributed by atoms with Crippen molar-refractivity contribution in [1.29, 1.82) is 0 Å². The molecular weight excluding hydrogens is 254 g/mol. The van der Waals surface area contributed by atoms with E-state index in [1.54, 1.807) is 12.8 Å². The number of hydrogen-bond acceptors (Lipinski definition) is 0. The van der Waals surface area contributed by atoms with Crippen molar-refractivity contribution in [1.82, 2.24) is 0 Å². The van der Waals surface area contributed by atoms with Crippen LogP contribution in [0.3, 0.4) is 0 Å². The van der Waals surface area contributed by atoms with Gasteiger partial charge in [0.25, 0.3) is 0 Å².